The fourth-order valence-electron chi connectivity index (χ4n) is 1.93. The van der Waals surface area contributed by atoms with E-state index in [0.29, 0.717) is 24.8 Å². The van der Waals surface area contributed by atoms with Gasteiger partial charge in [0, 0.05) is 24.9 Å². The van der Waals surface area contributed by atoms with E-state index in [9.17, 15) is 5.11 Å². The lowest BCUT2D eigenvalue weighted by atomic mass is 10.2. The summed E-state index contributed by atoms with van der Waals surface area (Å²) in [5.74, 6) is 0.900. The van der Waals surface area contributed by atoms with E-state index in [4.69, 9.17) is 10.5 Å². The Kier molecular flexibility index (Phi) is 8.17. The van der Waals surface area contributed by atoms with Crippen molar-refractivity contribution in [2.24, 2.45) is 10.7 Å². The van der Waals surface area contributed by atoms with Gasteiger partial charge in [-0.2, -0.15) is 0 Å². The molecule has 0 saturated heterocycles. The number of aromatic nitrogens is 1. The van der Waals surface area contributed by atoms with Gasteiger partial charge >= 0.3 is 0 Å². The number of nitrogens with one attached hydrogen (secondary N) is 1. The SMILES string of the molecule is COc1ccc(CN=C(N)NCCc2ccccn2)cc1O.I. The summed E-state index contributed by atoms with van der Waals surface area (Å²) in [6.07, 6.45) is 2.54. The Morgan fingerprint density at radius 3 is 2.83 bits per heavy atom. The molecule has 0 saturated carbocycles. The third kappa shape index (κ3) is 6.31. The van der Waals surface area contributed by atoms with Gasteiger partial charge in [0.2, 0.25) is 0 Å². The van der Waals surface area contributed by atoms with E-state index >= 15 is 0 Å². The molecule has 2 rings (SSSR count). The van der Waals surface area contributed by atoms with Crippen LogP contribution in [0.5, 0.6) is 11.5 Å². The molecule has 1 aromatic heterocycles. The summed E-state index contributed by atoms with van der Waals surface area (Å²) < 4.78 is 4.99. The Morgan fingerprint density at radius 2 is 2.17 bits per heavy atom. The summed E-state index contributed by atoms with van der Waals surface area (Å²) in [6, 6.07) is 11.0. The molecular weight excluding hydrogens is 407 g/mol. The Morgan fingerprint density at radius 1 is 1.35 bits per heavy atom. The number of hydrogen-bond donors (Lipinski definition) is 3. The predicted octanol–water partition coefficient (Wildman–Crippen LogP) is 2.06. The predicted molar refractivity (Wildman–Crippen MR) is 101 cm³/mol. The first kappa shape index (κ1) is 19.0. The third-order valence-electron chi connectivity index (χ3n) is 3.09. The summed E-state index contributed by atoms with van der Waals surface area (Å²) in [4.78, 5) is 8.47. The zero-order valence-corrected chi connectivity index (χ0v) is 15.2. The molecule has 0 spiro atoms. The number of methoxy groups -OCH3 is 1. The highest BCUT2D eigenvalue weighted by molar-refractivity contribution is 14.0. The number of aromatic hydroxyl groups is 1. The molecule has 0 fully saturated rings. The normalized spacial score (nSPS) is 10.7. The minimum Gasteiger partial charge on any atom is -0.504 e. The first-order valence-corrected chi connectivity index (χ1v) is 6.98. The molecule has 7 heteroatoms. The number of phenols is 1. The topological polar surface area (TPSA) is 92.8 Å². The average molecular weight is 428 g/mol. The highest BCUT2D eigenvalue weighted by Gasteiger charge is 2.02. The maximum atomic E-state index is 9.70. The van der Waals surface area contributed by atoms with Gasteiger partial charge in [-0.3, -0.25) is 4.98 Å². The summed E-state index contributed by atoms with van der Waals surface area (Å²) in [5.41, 5.74) is 7.67. The van der Waals surface area contributed by atoms with Gasteiger partial charge in [-0.25, -0.2) is 4.99 Å². The van der Waals surface area contributed by atoms with Gasteiger partial charge < -0.3 is 20.9 Å². The molecule has 1 heterocycles. The van der Waals surface area contributed by atoms with Gasteiger partial charge in [0.15, 0.2) is 17.5 Å². The van der Waals surface area contributed by atoms with Crippen molar-refractivity contribution >= 4 is 29.9 Å². The van der Waals surface area contributed by atoms with Crippen molar-refractivity contribution in [3.05, 3.63) is 53.9 Å². The van der Waals surface area contributed by atoms with Crippen LogP contribution in [-0.2, 0) is 13.0 Å². The minimum atomic E-state index is 0. The molecule has 1 aromatic carbocycles. The van der Waals surface area contributed by atoms with Gasteiger partial charge in [-0.05, 0) is 29.8 Å². The molecule has 23 heavy (non-hydrogen) atoms. The van der Waals surface area contributed by atoms with Gasteiger partial charge in [0.25, 0.3) is 0 Å². The van der Waals surface area contributed by atoms with Gasteiger partial charge in [0.05, 0.1) is 13.7 Å². The zero-order valence-electron chi connectivity index (χ0n) is 12.9. The number of pyridine rings is 1. The zero-order chi connectivity index (χ0) is 15.8. The largest absolute Gasteiger partial charge is 0.504 e. The Balaban J connectivity index is 0.00000264. The second-order valence-corrected chi connectivity index (χ2v) is 4.71. The number of rotatable bonds is 6. The van der Waals surface area contributed by atoms with Crippen LogP contribution < -0.4 is 15.8 Å². The smallest absolute Gasteiger partial charge is 0.188 e. The van der Waals surface area contributed by atoms with Gasteiger partial charge in [-0.15, -0.1) is 24.0 Å². The lowest BCUT2D eigenvalue weighted by Crippen LogP contribution is -2.33. The monoisotopic (exact) mass is 428 g/mol. The maximum absolute atomic E-state index is 9.70. The van der Waals surface area contributed by atoms with Crippen LogP contribution in [0.4, 0.5) is 0 Å². The van der Waals surface area contributed by atoms with Crippen molar-refractivity contribution in [1.29, 1.82) is 0 Å². The van der Waals surface area contributed by atoms with Crippen molar-refractivity contribution in [2.45, 2.75) is 13.0 Å². The Hall–Kier alpha value is -2.03. The van der Waals surface area contributed by atoms with Crippen LogP contribution >= 0.6 is 24.0 Å². The summed E-state index contributed by atoms with van der Waals surface area (Å²) >= 11 is 0. The number of phenolic OH excluding ortho intramolecular Hbond substituents is 1. The molecule has 0 atom stereocenters. The van der Waals surface area contributed by atoms with Crippen molar-refractivity contribution < 1.29 is 9.84 Å². The molecule has 0 aliphatic heterocycles. The van der Waals surface area contributed by atoms with E-state index in [1.165, 1.54) is 7.11 Å². The fraction of sp³-hybridized carbons (Fsp3) is 0.250. The molecule has 2 aromatic rings. The lowest BCUT2D eigenvalue weighted by molar-refractivity contribution is 0.373. The van der Waals surface area contributed by atoms with Crippen LogP contribution in [-0.4, -0.2) is 29.7 Å². The molecule has 0 amide bonds. The summed E-state index contributed by atoms with van der Waals surface area (Å²) in [6.45, 7) is 1.06. The second kappa shape index (κ2) is 9.88. The van der Waals surface area contributed by atoms with Crippen LogP contribution in [0, 0.1) is 0 Å². The summed E-state index contributed by atoms with van der Waals surface area (Å²) in [5, 5.41) is 12.7. The van der Waals surface area contributed by atoms with Crippen LogP contribution in [0.15, 0.2) is 47.6 Å². The molecule has 0 aliphatic rings. The molecular formula is C16H21IN4O2. The number of nitrogens with zero attached hydrogens (tertiary/aromatic N) is 2. The standard InChI is InChI=1S/C16H20N4O2.HI/c1-22-15-6-5-12(10-14(15)21)11-20-16(17)19-9-7-13-4-2-3-8-18-13;/h2-6,8,10,21H,7,9,11H2,1H3,(H3,17,19,20);1H. The van der Waals surface area contributed by atoms with E-state index in [1.807, 2.05) is 24.3 Å². The number of nitrogens with two attached hydrogens (primary N) is 1. The number of benzene rings is 1. The first-order valence-electron chi connectivity index (χ1n) is 6.98. The van der Waals surface area contributed by atoms with E-state index in [1.54, 1.807) is 18.3 Å². The number of ether oxygens (including phenoxy) is 1. The Bertz CT molecular complexity index is 635. The van der Waals surface area contributed by atoms with E-state index < -0.39 is 0 Å². The fourth-order valence-corrected chi connectivity index (χ4v) is 1.93. The molecule has 124 valence electrons. The summed E-state index contributed by atoms with van der Waals surface area (Å²) in [7, 11) is 1.51. The molecule has 6 nitrogen and oxygen atoms in total. The molecule has 0 bridgehead atoms. The average Bonchev–Trinajstić information content (AvgIpc) is 2.54. The van der Waals surface area contributed by atoms with Gasteiger partial charge in [-0.1, -0.05) is 12.1 Å². The second-order valence-electron chi connectivity index (χ2n) is 4.71. The van der Waals surface area contributed by atoms with E-state index in [0.717, 1.165) is 17.7 Å². The number of guanidine groups is 1. The molecule has 0 radical (unpaired) electrons. The van der Waals surface area contributed by atoms with Crippen molar-refractivity contribution in [2.75, 3.05) is 13.7 Å². The van der Waals surface area contributed by atoms with Crippen LogP contribution in [0.1, 0.15) is 11.3 Å². The lowest BCUT2D eigenvalue weighted by Gasteiger charge is -2.07. The van der Waals surface area contributed by atoms with Crippen molar-refractivity contribution in [1.82, 2.24) is 10.3 Å². The number of hydrogen-bond acceptors (Lipinski definition) is 4. The molecule has 0 aliphatic carbocycles. The Labute approximate surface area is 152 Å². The van der Waals surface area contributed by atoms with E-state index in [-0.39, 0.29) is 29.7 Å². The van der Waals surface area contributed by atoms with Gasteiger partial charge in [0.1, 0.15) is 0 Å². The number of halogens is 1. The highest BCUT2D eigenvalue weighted by atomic mass is 127. The van der Waals surface area contributed by atoms with Crippen molar-refractivity contribution in [3.63, 3.8) is 0 Å². The molecule has 4 N–H and O–H groups in total. The molecule has 0 unspecified atom stereocenters. The minimum absolute atomic E-state index is 0. The van der Waals surface area contributed by atoms with Crippen molar-refractivity contribution in [3.8, 4) is 11.5 Å². The highest BCUT2D eigenvalue weighted by Crippen LogP contribution is 2.26. The third-order valence-corrected chi connectivity index (χ3v) is 3.09. The first-order chi connectivity index (χ1) is 10.7. The van der Waals surface area contributed by atoms with Crippen LogP contribution in [0.2, 0.25) is 0 Å². The number of aliphatic imine (C=N–C) groups is 1. The van der Waals surface area contributed by atoms with Crippen LogP contribution in [0.25, 0.3) is 0 Å². The maximum Gasteiger partial charge on any atom is 0.188 e. The quantitative estimate of drug-likeness (QED) is 0.372. The van der Waals surface area contributed by atoms with Crippen LogP contribution in [0.3, 0.4) is 0 Å². The van der Waals surface area contributed by atoms with E-state index in [2.05, 4.69) is 15.3 Å².